The van der Waals surface area contributed by atoms with E-state index in [1.54, 1.807) is 11.3 Å². The normalized spacial score (nSPS) is 11.3. The maximum Gasteiger partial charge on any atom is 0.180 e. The number of rotatable bonds is 1. The molecule has 0 bridgehead atoms. The summed E-state index contributed by atoms with van der Waals surface area (Å²) in [5.41, 5.74) is 1.96. The molecule has 0 atom stereocenters. The van der Waals surface area contributed by atoms with E-state index in [1.165, 1.54) is 15.0 Å². The first-order valence-corrected chi connectivity index (χ1v) is 6.62. The smallest absolute Gasteiger partial charge is 0.180 e. The van der Waals surface area contributed by atoms with E-state index in [-0.39, 0.29) is 0 Å². The summed E-state index contributed by atoms with van der Waals surface area (Å²) in [4.78, 5) is 1.21. The molecule has 4 rings (SSSR count). The Morgan fingerprint density at radius 3 is 2.72 bits per heavy atom. The lowest BCUT2D eigenvalue weighted by Gasteiger charge is -1.91. The molecular weight excluding hydrogens is 240 g/mol. The fraction of sp³-hybridized carbons (Fsp3) is 0. The molecule has 0 amide bonds. The molecule has 0 aliphatic rings. The van der Waals surface area contributed by atoms with Crippen molar-refractivity contribution in [1.82, 2.24) is 0 Å². The van der Waals surface area contributed by atoms with Crippen molar-refractivity contribution in [3.8, 4) is 10.4 Å². The van der Waals surface area contributed by atoms with Crippen LogP contribution in [0.2, 0.25) is 0 Å². The van der Waals surface area contributed by atoms with Gasteiger partial charge in [0.2, 0.25) is 0 Å². The van der Waals surface area contributed by atoms with Crippen LogP contribution in [0.15, 0.2) is 59.0 Å². The Kier molecular flexibility index (Phi) is 2.05. The molecule has 1 radical (unpaired) electrons. The Morgan fingerprint density at radius 2 is 1.78 bits per heavy atom. The lowest BCUT2D eigenvalue weighted by Crippen LogP contribution is -1.67. The number of hydrogen-bond acceptors (Lipinski definition) is 2. The molecule has 85 valence electrons. The summed E-state index contributed by atoms with van der Waals surface area (Å²) in [5, 5.41) is 2.40. The van der Waals surface area contributed by atoms with E-state index in [1.807, 2.05) is 18.2 Å². The molecule has 0 unspecified atom stereocenters. The molecule has 2 aromatic carbocycles. The summed E-state index contributed by atoms with van der Waals surface area (Å²) in [5.74, 6) is 0. The molecule has 2 heteroatoms. The van der Waals surface area contributed by atoms with Crippen LogP contribution < -0.4 is 0 Å². The van der Waals surface area contributed by atoms with E-state index in [0.717, 1.165) is 16.5 Å². The van der Waals surface area contributed by atoms with Gasteiger partial charge < -0.3 is 4.42 Å². The van der Waals surface area contributed by atoms with E-state index in [2.05, 4.69) is 42.7 Å². The van der Waals surface area contributed by atoms with Gasteiger partial charge in [-0.25, -0.2) is 0 Å². The Labute approximate surface area is 108 Å². The molecule has 2 heterocycles. The van der Waals surface area contributed by atoms with Crippen molar-refractivity contribution in [2.45, 2.75) is 0 Å². The van der Waals surface area contributed by atoms with Crippen LogP contribution in [0, 0.1) is 6.26 Å². The highest BCUT2D eigenvalue weighted by atomic mass is 32.1. The topological polar surface area (TPSA) is 13.1 Å². The molecular formula is C16H9OS. The zero-order valence-electron chi connectivity index (χ0n) is 9.51. The number of furan rings is 1. The van der Waals surface area contributed by atoms with Crippen molar-refractivity contribution in [2.24, 2.45) is 0 Å². The van der Waals surface area contributed by atoms with Crippen LogP contribution in [-0.2, 0) is 0 Å². The van der Waals surface area contributed by atoms with Crippen molar-refractivity contribution in [1.29, 1.82) is 0 Å². The summed E-state index contributed by atoms with van der Waals surface area (Å²) < 4.78 is 6.78. The predicted octanol–water partition coefficient (Wildman–Crippen LogP) is 5.11. The standard InChI is InChI=1S/C16H9OS/c1-4-8-15-11(5-1)9-16(18-15)13-10-17-14-7-3-2-6-12(13)14/h1-9H. The Balaban J connectivity index is 2.01. The summed E-state index contributed by atoms with van der Waals surface area (Å²) in [7, 11) is 0. The Bertz CT molecular complexity index is 805. The number of thiophene rings is 1. The molecule has 4 aromatic rings. The highest BCUT2D eigenvalue weighted by Gasteiger charge is 2.11. The SMILES string of the molecule is [c]1oc2ccccc2c1-c1cc2ccccc2s1. The van der Waals surface area contributed by atoms with E-state index in [4.69, 9.17) is 4.42 Å². The number of benzene rings is 2. The first-order valence-electron chi connectivity index (χ1n) is 5.80. The minimum atomic E-state index is 0.893. The molecule has 0 saturated carbocycles. The zero-order chi connectivity index (χ0) is 11.9. The van der Waals surface area contributed by atoms with Crippen LogP contribution in [-0.4, -0.2) is 0 Å². The average Bonchev–Trinajstić information content (AvgIpc) is 3.02. The van der Waals surface area contributed by atoms with Gasteiger partial charge in [0, 0.05) is 20.5 Å². The van der Waals surface area contributed by atoms with E-state index in [9.17, 15) is 0 Å². The third-order valence-electron chi connectivity index (χ3n) is 3.09. The minimum Gasteiger partial charge on any atom is -0.452 e. The van der Waals surface area contributed by atoms with Crippen LogP contribution in [0.1, 0.15) is 0 Å². The fourth-order valence-electron chi connectivity index (χ4n) is 2.21. The van der Waals surface area contributed by atoms with E-state index in [0.29, 0.717) is 0 Å². The van der Waals surface area contributed by atoms with Gasteiger partial charge in [0.05, 0.1) is 0 Å². The summed E-state index contributed by atoms with van der Waals surface area (Å²) in [6, 6.07) is 18.7. The third-order valence-corrected chi connectivity index (χ3v) is 4.22. The molecule has 0 fully saturated rings. The Morgan fingerprint density at radius 1 is 0.944 bits per heavy atom. The van der Waals surface area contributed by atoms with Crippen molar-refractivity contribution in [3.05, 3.63) is 60.9 Å². The van der Waals surface area contributed by atoms with Gasteiger partial charge in [-0.05, 0) is 23.6 Å². The Hall–Kier alpha value is -2.06. The highest BCUT2D eigenvalue weighted by Crippen LogP contribution is 2.37. The first-order chi connectivity index (χ1) is 8.92. The predicted molar refractivity (Wildman–Crippen MR) is 75.9 cm³/mol. The largest absolute Gasteiger partial charge is 0.452 e. The minimum absolute atomic E-state index is 0.893. The molecule has 1 nitrogen and oxygen atoms in total. The second-order valence-electron chi connectivity index (χ2n) is 4.22. The molecule has 0 saturated heterocycles. The van der Waals surface area contributed by atoms with Crippen LogP contribution in [0.3, 0.4) is 0 Å². The molecule has 0 spiro atoms. The zero-order valence-corrected chi connectivity index (χ0v) is 10.3. The lowest BCUT2D eigenvalue weighted by atomic mass is 10.1. The molecule has 0 N–H and O–H groups in total. The van der Waals surface area contributed by atoms with Crippen molar-refractivity contribution < 1.29 is 4.42 Å². The van der Waals surface area contributed by atoms with Crippen LogP contribution in [0.5, 0.6) is 0 Å². The summed E-state index contributed by atoms with van der Waals surface area (Å²) in [6.07, 6.45) is 3.03. The van der Waals surface area contributed by atoms with Crippen molar-refractivity contribution >= 4 is 32.4 Å². The fourth-order valence-corrected chi connectivity index (χ4v) is 3.28. The highest BCUT2D eigenvalue weighted by molar-refractivity contribution is 7.22. The quantitative estimate of drug-likeness (QED) is 0.456. The second kappa shape index (κ2) is 3.72. The van der Waals surface area contributed by atoms with Crippen LogP contribution in [0.4, 0.5) is 0 Å². The van der Waals surface area contributed by atoms with Gasteiger partial charge >= 0.3 is 0 Å². The maximum absolute atomic E-state index is 5.48. The van der Waals surface area contributed by atoms with Crippen molar-refractivity contribution in [3.63, 3.8) is 0 Å². The van der Waals surface area contributed by atoms with Gasteiger partial charge in [0.1, 0.15) is 5.58 Å². The summed E-state index contributed by atoms with van der Waals surface area (Å²) in [6.45, 7) is 0. The van der Waals surface area contributed by atoms with Crippen LogP contribution >= 0.6 is 11.3 Å². The van der Waals surface area contributed by atoms with Gasteiger partial charge in [-0.1, -0.05) is 36.4 Å². The number of hydrogen-bond donors (Lipinski definition) is 0. The van der Waals surface area contributed by atoms with E-state index < -0.39 is 0 Å². The first kappa shape index (κ1) is 9.92. The van der Waals surface area contributed by atoms with Gasteiger partial charge in [-0.2, -0.15) is 0 Å². The van der Waals surface area contributed by atoms with Gasteiger partial charge in [-0.3, -0.25) is 0 Å². The molecule has 18 heavy (non-hydrogen) atoms. The van der Waals surface area contributed by atoms with Crippen LogP contribution in [0.25, 0.3) is 31.5 Å². The van der Waals surface area contributed by atoms with Gasteiger partial charge in [-0.15, -0.1) is 11.3 Å². The van der Waals surface area contributed by atoms with Gasteiger partial charge in [0.15, 0.2) is 6.26 Å². The molecule has 2 aromatic heterocycles. The third kappa shape index (κ3) is 1.39. The monoisotopic (exact) mass is 249 g/mol. The summed E-state index contributed by atoms with van der Waals surface area (Å²) >= 11 is 1.78. The number of fused-ring (bicyclic) bond motifs is 2. The lowest BCUT2D eigenvalue weighted by molar-refractivity contribution is 0.607. The maximum atomic E-state index is 5.48. The molecule has 0 aliphatic heterocycles. The van der Waals surface area contributed by atoms with E-state index >= 15 is 0 Å². The average molecular weight is 249 g/mol. The second-order valence-corrected chi connectivity index (χ2v) is 5.31. The molecule has 0 aliphatic carbocycles. The van der Waals surface area contributed by atoms with Gasteiger partial charge in [0.25, 0.3) is 0 Å². The number of para-hydroxylation sites is 1. The van der Waals surface area contributed by atoms with Crippen molar-refractivity contribution in [2.75, 3.05) is 0 Å².